The number of H-pyrrole nitrogens is 1. The molecule has 2 N–H and O–H groups in total. The lowest BCUT2D eigenvalue weighted by atomic mass is 9.91. The minimum atomic E-state index is -0.713. The Balaban J connectivity index is 1.71. The highest BCUT2D eigenvalue weighted by Crippen LogP contribution is 2.16. The molecule has 5 nitrogen and oxygen atoms in total. The highest BCUT2D eigenvalue weighted by molar-refractivity contribution is 5.82. The van der Waals surface area contributed by atoms with E-state index in [0.29, 0.717) is 25.0 Å². The molecule has 0 saturated carbocycles. The monoisotopic (exact) mass is 360 g/mol. The molecule has 0 bridgehead atoms. The Kier molecular flexibility index (Phi) is 6.52. The van der Waals surface area contributed by atoms with Crippen LogP contribution in [0, 0.1) is 5.92 Å². The summed E-state index contributed by atoms with van der Waals surface area (Å²) in [4.78, 5) is 31.2. The van der Waals surface area contributed by atoms with E-state index in [0.717, 1.165) is 11.1 Å². The Bertz CT molecular complexity index is 791. The number of nitrogens with one attached hydrogen (secondary N) is 2. The molecule has 1 atom stereocenters. The highest BCUT2D eigenvalue weighted by Gasteiger charge is 2.23. The van der Waals surface area contributed by atoms with Crippen LogP contribution in [0.4, 0.5) is 0 Å². The van der Waals surface area contributed by atoms with Gasteiger partial charge in [-0.05, 0) is 24.0 Å². The predicted octanol–water partition coefficient (Wildman–Crippen LogP) is 2.65. The van der Waals surface area contributed by atoms with Gasteiger partial charge in [0.1, 0.15) is 6.04 Å². The van der Waals surface area contributed by atoms with Gasteiger partial charge in [0.15, 0.2) is 0 Å². The second kappa shape index (κ2) is 9.48. The maximum Gasteiger partial charge on any atom is 0.224 e. The van der Waals surface area contributed by atoms with E-state index in [1.54, 1.807) is 12.5 Å². The average molecular weight is 360 g/mol. The number of benzene rings is 2. The largest absolute Gasteiger partial charge is 0.351 e. The third kappa shape index (κ3) is 5.64. The Morgan fingerprint density at radius 2 is 1.56 bits per heavy atom. The molecule has 0 fully saturated rings. The van der Waals surface area contributed by atoms with Crippen LogP contribution in [0.25, 0.3) is 0 Å². The van der Waals surface area contributed by atoms with Crippen LogP contribution in [-0.4, -0.2) is 28.2 Å². The zero-order valence-electron chi connectivity index (χ0n) is 15.0. The van der Waals surface area contributed by atoms with Crippen molar-refractivity contribution in [1.82, 2.24) is 15.3 Å². The van der Waals surface area contributed by atoms with Crippen LogP contribution in [0.3, 0.4) is 0 Å². The standard InChI is InChI=1S/C22H22N3O2/c26-15-21(13-20-14-23-16-24-20)25-22(27)19(11-17-7-3-1-4-8-17)12-18-9-5-2-6-10-18/h1-10,14,16,19,21H,11-13H2,(H,23,24)(H,25,27). The number of imidazole rings is 1. The van der Waals surface area contributed by atoms with Gasteiger partial charge < -0.3 is 10.3 Å². The fourth-order valence-corrected chi connectivity index (χ4v) is 3.08. The molecular formula is C22H22N3O2. The summed E-state index contributed by atoms with van der Waals surface area (Å²) in [7, 11) is 0. The van der Waals surface area contributed by atoms with Crippen molar-refractivity contribution in [2.24, 2.45) is 5.92 Å². The first-order valence-electron chi connectivity index (χ1n) is 8.98. The Labute approximate surface area is 158 Å². The molecule has 0 saturated heterocycles. The third-order valence-electron chi connectivity index (χ3n) is 4.45. The van der Waals surface area contributed by atoms with E-state index in [9.17, 15) is 9.59 Å². The zero-order chi connectivity index (χ0) is 18.9. The number of carbonyl (C=O) groups excluding carboxylic acids is 2. The van der Waals surface area contributed by atoms with Crippen molar-refractivity contribution in [3.63, 3.8) is 0 Å². The number of carbonyl (C=O) groups is 1. The molecule has 0 spiro atoms. The molecule has 3 rings (SSSR count). The Hall–Kier alpha value is -3.21. The van der Waals surface area contributed by atoms with Crippen molar-refractivity contribution < 1.29 is 9.59 Å². The molecule has 0 aliphatic carbocycles. The van der Waals surface area contributed by atoms with Crippen molar-refractivity contribution in [1.29, 1.82) is 0 Å². The first-order valence-corrected chi connectivity index (χ1v) is 8.98. The summed E-state index contributed by atoms with van der Waals surface area (Å²) in [5.41, 5.74) is 2.89. The van der Waals surface area contributed by atoms with Crippen molar-refractivity contribution in [3.05, 3.63) is 90.0 Å². The summed E-state index contributed by atoms with van der Waals surface area (Å²) in [6.45, 7) is 0. The number of hydrogen-bond acceptors (Lipinski definition) is 3. The first kappa shape index (κ1) is 18.6. The fourth-order valence-electron chi connectivity index (χ4n) is 3.08. The molecule has 27 heavy (non-hydrogen) atoms. The third-order valence-corrected chi connectivity index (χ3v) is 4.45. The predicted molar refractivity (Wildman–Crippen MR) is 104 cm³/mol. The van der Waals surface area contributed by atoms with E-state index in [4.69, 9.17) is 0 Å². The fraction of sp³-hybridized carbons (Fsp3) is 0.227. The van der Waals surface area contributed by atoms with Crippen molar-refractivity contribution in [3.8, 4) is 0 Å². The summed E-state index contributed by atoms with van der Waals surface area (Å²) in [6, 6.07) is 19.1. The summed E-state index contributed by atoms with van der Waals surface area (Å²) in [5.74, 6) is -0.420. The Morgan fingerprint density at radius 3 is 2.04 bits per heavy atom. The number of aromatic amines is 1. The molecule has 5 heteroatoms. The minimum Gasteiger partial charge on any atom is -0.351 e. The van der Waals surface area contributed by atoms with Crippen molar-refractivity contribution >= 4 is 12.2 Å². The van der Waals surface area contributed by atoms with E-state index in [1.165, 1.54) is 0 Å². The Morgan fingerprint density at radius 1 is 0.963 bits per heavy atom. The second-order valence-corrected chi connectivity index (χ2v) is 6.52. The summed E-state index contributed by atoms with van der Waals surface area (Å²) < 4.78 is 0. The number of aromatic nitrogens is 2. The van der Waals surface area contributed by atoms with E-state index < -0.39 is 6.04 Å². The van der Waals surface area contributed by atoms with Crippen LogP contribution in [0.2, 0.25) is 0 Å². The lowest BCUT2D eigenvalue weighted by Crippen LogP contribution is -2.42. The molecule has 0 aliphatic rings. The van der Waals surface area contributed by atoms with Gasteiger partial charge >= 0.3 is 0 Å². The lowest BCUT2D eigenvalue weighted by molar-refractivity contribution is -0.125. The van der Waals surface area contributed by atoms with E-state index in [-0.39, 0.29) is 11.8 Å². The van der Waals surface area contributed by atoms with Crippen LogP contribution in [-0.2, 0) is 28.9 Å². The molecule has 2 aromatic carbocycles. The van der Waals surface area contributed by atoms with Gasteiger partial charge in [-0.2, -0.15) is 0 Å². The van der Waals surface area contributed by atoms with Crippen LogP contribution < -0.4 is 5.32 Å². The van der Waals surface area contributed by atoms with E-state index in [2.05, 4.69) is 15.3 Å². The van der Waals surface area contributed by atoms with Gasteiger partial charge in [0, 0.05) is 18.5 Å². The lowest BCUT2D eigenvalue weighted by Gasteiger charge is -2.19. The van der Waals surface area contributed by atoms with Gasteiger partial charge in [-0.1, -0.05) is 60.7 Å². The van der Waals surface area contributed by atoms with Gasteiger partial charge in [0.25, 0.3) is 0 Å². The van der Waals surface area contributed by atoms with Gasteiger partial charge in [-0.25, -0.2) is 4.98 Å². The number of nitrogens with zero attached hydrogens (tertiary/aromatic N) is 1. The molecule has 1 heterocycles. The van der Waals surface area contributed by atoms with E-state index in [1.807, 2.05) is 66.9 Å². The summed E-state index contributed by atoms with van der Waals surface area (Å²) >= 11 is 0. The van der Waals surface area contributed by atoms with Gasteiger partial charge in [-0.3, -0.25) is 9.59 Å². The molecule has 1 aromatic heterocycles. The maximum atomic E-state index is 12.9. The first-order chi connectivity index (χ1) is 13.2. The molecule has 3 aromatic rings. The van der Waals surface area contributed by atoms with Crippen LogP contribution in [0.15, 0.2) is 73.2 Å². The van der Waals surface area contributed by atoms with Gasteiger partial charge in [0.05, 0.1) is 12.0 Å². The number of rotatable bonds is 9. The smallest absolute Gasteiger partial charge is 0.224 e. The van der Waals surface area contributed by atoms with Crippen molar-refractivity contribution in [2.75, 3.05) is 0 Å². The zero-order valence-corrected chi connectivity index (χ0v) is 15.0. The van der Waals surface area contributed by atoms with Crippen LogP contribution in [0.1, 0.15) is 16.8 Å². The topological polar surface area (TPSA) is 74.8 Å². The van der Waals surface area contributed by atoms with Crippen LogP contribution in [0.5, 0.6) is 0 Å². The number of amides is 1. The summed E-state index contributed by atoms with van der Waals surface area (Å²) in [6.07, 6.45) is 6.71. The van der Waals surface area contributed by atoms with Gasteiger partial charge in [0.2, 0.25) is 12.2 Å². The highest BCUT2D eigenvalue weighted by atomic mass is 16.2. The molecular weight excluding hydrogens is 338 g/mol. The molecule has 137 valence electrons. The average Bonchev–Trinajstić information content (AvgIpc) is 3.21. The molecule has 1 radical (unpaired) electrons. The van der Waals surface area contributed by atoms with Gasteiger partial charge in [-0.15, -0.1) is 0 Å². The second-order valence-electron chi connectivity index (χ2n) is 6.52. The maximum absolute atomic E-state index is 12.9. The molecule has 1 amide bonds. The molecule has 1 unspecified atom stereocenters. The number of hydrogen-bond donors (Lipinski definition) is 2. The summed E-state index contributed by atoms with van der Waals surface area (Å²) in [5, 5.41) is 2.83. The SMILES string of the molecule is O=[C]C(Cc1c[nH]cn1)NC(=O)C(Cc1ccccc1)Cc1ccccc1. The minimum absolute atomic E-state index is 0.147. The normalized spacial score (nSPS) is 11.9. The quantitative estimate of drug-likeness (QED) is 0.616. The molecule has 0 aliphatic heterocycles. The van der Waals surface area contributed by atoms with Crippen LogP contribution >= 0.6 is 0 Å². The van der Waals surface area contributed by atoms with Crippen molar-refractivity contribution in [2.45, 2.75) is 25.3 Å². The van der Waals surface area contributed by atoms with E-state index >= 15 is 0 Å².